The maximum Gasteiger partial charge on any atom is 0.0604 e. The molecule has 0 aromatic carbocycles. The van der Waals surface area contributed by atoms with Crippen LogP contribution in [-0.4, -0.2) is 13.2 Å². The maximum absolute atomic E-state index is 5.22. The third kappa shape index (κ3) is 0.408. The summed E-state index contributed by atoms with van der Waals surface area (Å²) in [6.07, 6.45) is 4.91. The highest BCUT2D eigenvalue weighted by Gasteiger charge is 2.47. The fourth-order valence-electron chi connectivity index (χ4n) is 1.93. The van der Waals surface area contributed by atoms with Gasteiger partial charge in [-0.05, 0) is 31.1 Å². The Balaban J connectivity index is 1.89. The molecular formula is C7H12O. The van der Waals surface area contributed by atoms with Crippen molar-refractivity contribution in [2.75, 3.05) is 7.11 Å². The molecule has 0 heterocycles. The first-order valence-corrected chi connectivity index (χ1v) is 3.44. The van der Waals surface area contributed by atoms with Crippen molar-refractivity contribution < 1.29 is 4.74 Å². The van der Waals surface area contributed by atoms with E-state index in [9.17, 15) is 0 Å². The molecule has 8 heavy (non-hydrogen) atoms. The Hall–Kier alpha value is -0.0400. The minimum absolute atomic E-state index is 0.647. The van der Waals surface area contributed by atoms with Crippen LogP contribution in [0.1, 0.15) is 19.3 Å². The van der Waals surface area contributed by atoms with Gasteiger partial charge in [0, 0.05) is 7.11 Å². The first-order valence-electron chi connectivity index (χ1n) is 3.44. The van der Waals surface area contributed by atoms with Crippen molar-refractivity contribution in [2.45, 2.75) is 25.4 Å². The zero-order chi connectivity index (χ0) is 5.56. The number of hydrogen-bond donors (Lipinski definition) is 0. The van der Waals surface area contributed by atoms with Crippen molar-refractivity contribution in [1.29, 1.82) is 0 Å². The van der Waals surface area contributed by atoms with E-state index in [2.05, 4.69) is 0 Å². The van der Waals surface area contributed by atoms with Crippen LogP contribution in [0.5, 0.6) is 0 Å². The van der Waals surface area contributed by atoms with Crippen LogP contribution < -0.4 is 0 Å². The van der Waals surface area contributed by atoms with Crippen molar-refractivity contribution in [1.82, 2.24) is 0 Å². The standard InChI is InChI=1S/C7H12O/c1-8-7-4-5-2-3-6(5)7/h5-7H,2-4H2,1H3. The van der Waals surface area contributed by atoms with Gasteiger partial charge in [-0.3, -0.25) is 0 Å². The highest BCUT2D eigenvalue weighted by Crippen LogP contribution is 2.51. The van der Waals surface area contributed by atoms with E-state index in [1.807, 2.05) is 7.11 Å². The lowest BCUT2D eigenvalue weighted by molar-refractivity contribution is -0.116. The molecule has 2 aliphatic carbocycles. The molecule has 2 rings (SSSR count). The van der Waals surface area contributed by atoms with Gasteiger partial charge in [-0.2, -0.15) is 0 Å². The predicted molar refractivity (Wildman–Crippen MR) is 31.6 cm³/mol. The molecule has 0 bridgehead atoms. The molecule has 0 aromatic rings. The van der Waals surface area contributed by atoms with Crippen LogP contribution in [0.25, 0.3) is 0 Å². The maximum atomic E-state index is 5.22. The van der Waals surface area contributed by atoms with Crippen LogP contribution in [-0.2, 0) is 4.74 Å². The molecule has 0 radical (unpaired) electrons. The fourth-order valence-corrected chi connectivity index (χ4v) is 1.93. The highest BCUT2D eigenvalue weighted by atomic mass is 16.5. The summed E-state index contributed by atoms with van der Waals surface area (Å²) < 4.78 is 5.22. The Bertz CT molecular complexity index is 98.6. The average Bonchev–Trinajstić information content (AvgIpc) is 1.76. The quantitative estimate of drug-likeness (QED) is 0.498. The molecule has 2 saturated carbocycles. The number of rotatable bonds is 1. The first-order chi connectivity index (χ1) is 3.92. The van der Waals surface area contributed by atoms with Gasteiger partial charge < -0.3 is 4.74 Å². The summed E-state index contributed by atoms with van der Waals surface area (Å²) in [5.41, 5.74) is 0. The van der Waals surface area contributed by atoms with Gasteiger partial charge >= 0.3 is 0 Å². The van der Waals surface area contributed by atoms with Crippen molar-refractivity contribution in [3.63, 3.8) is 0 Å². The summed E-state index contributed by atoms with van der Waals surface area (Å²) in [5, 5.41) is 0. The average molecular weight is 112 g/mol. The Labute approximate surface area is 50.0 Å². The highest BCUT2D eigenvalue weighted by molar-refractivity contribution is 4.97. The Morgan fingerprint density at radius 1 is 1.38 bits per heavy atom. The summed E-state index contributed by atoms with van der Waals surface area (Å²) in [6.45, 7) is 0. The predicted octanol–water partition coefficient (Wildman–Crippen LogP) is 1.43. The Morgan fingerprint density at radius 3 is 2.38 bits per heavy atom. The van der Waals surface area contributed by atoms with Crippen LogP contribution in [0.15, 0.2) is 0 Å². The summed E-state index contributed by atoms with van der Waals surface area (Å²) in [5.74, 6) is 2.04. The van der Waals surface area contributed by atoms with E-state index in [1.54, 1.807) is 0 Å². The van der Waals surface area contributed by atoms with Crippen molar-refractivity contribution in [3.8, 4) is 0 Å². The molecule has 2 fully saturated rings. The Morgan fingerprint density at radius 2 is 2.25 bits per heavy atom. The molecular weight excluding hydrogens is 100 g/mol. The van der Waals surface area contributed by atoms with Crippen LogP contribution >= 0.6 is 0 Å². The summed E-state index contributed by atoms with van der Waals surface area (Å²) in [4.78, 5) is 0. The lowest BCUT2D eigenvalue weighted by Crippen LogP contribution is -2.49. The van der Waals surface area contributed by atoms with Crippen LogP contribution in [0.2, 0.25) is 0 Å². The van der Waals surface area contributed by atoms with Crippen LogP contribution in [0.3, 0.4) is 0 Å². The molecule has 3 atom stereocenters. The zero-order valence-electron chi connectivity index (χ0n) is 5.26. The number of fused-ring (bicyclic) bond motifs is 1. The van der Waals surface area contributed by atoms with Gasteiger partial charge in [0.15, 0.2) is 0 Å². The van der Waals surface area contributed by atoms with Gasteiger partial charge in [0.25, 0.3) is 0 Å². The minimum Gasteiger partial charge on any atom is -0.381 e. The molecule has 0 saturated heterocycles. The van der Waals surface area contributed by atoms with Gasteiger partial charge in [0.05, 0.1) is 6.10 Å². The minimum atomic E-state index is 0.647. The summed E-state index contributed by atoms with van der Waals surface area (Å²) in [7, 11) is 1.83. The first kappa shape index (κ1) is 4.80. The number of hydrogen-bond acceptors (Lipinski definition) is 1. The Kier molecular flexibility index (Phi) is 0.884. The third-order valence-electron chi connectivity index (χ3n) is 2.79. The molecule has 0 spiro atoms. The number of methoxy groups -OCH3 is 1. The van der Waals surface area contributed by atoms with Crippen molar-refractivity contribution >= 4 is 0 Å². The SMILES string of the molecule is COC1CC2CCC21. The van der Waals surface area contributed by atoms with Crippen LogP contribution in [0.4, 0.5) is 0 Å². The second kappa shape index (κ2) is 1.47. The fraction of sp³-hybridized carbons (Fsp3) is 1.00. The van der Waals surface area contributed by atoms with Gasteiger partial charge in [-0.1, -0.05) is 0 Å². The topological polar surface area (TPSA) is 9.23 Å². The van der Waals surface area contributed by atoms with Gasteiger partial charge in [0.2, 0.25) is 0 Å². The van der Waals surface area contributed by atoms with E-state index in [4.69, 9.17) is 4.74 Å². The summed E-state index contributed by atoms with van der Waals surface area (Å²) >= 11 is 0. The van der Waals surface area contributed by atoms with E-state index < -0.39 is 0 Å². The largest absolute Gasteiger partial charge is 0.381 e. The monoisotopic (exact) mass is 112 g/mol. The normalized spacial score (nSPS) is 51.4. The van der Waals surface area contributed by atoms with Crippen LogP contribution in [0, 0.1) is 11.8 Å². The van der Waals surface area contributed by atoms with E-state index in [0.29, 0.717) is 6.10 Å². The van der Waals surface area contributed by atoms with E-state index in [0.717, 1.165) is 11.8 Å². The molecule has 46 valence electrons. The lowest BCUT2D eigenvalue weighted by Gasteiger charge is -2.52. The molecule has 0 amide bonds. The molecule has 1 nitrogen and oxygen atoms in total. The smallest absolute Gasteiger partial charge is 0.0604 e. The molecule has 0 aromatic heterocycles. The molecule has 2 aliphatic rings. The van der Waals surface area contributed by atoms with Crippen molar-refractivity contribution in [3.05, 3.63) is 0 Å². The second-order valence-electron chi connectivity index (χ2n) is 3.01. The second-order valence-corrected chi connectivity index (χ2v) is 3.01. The molecule has 0 aliphatic heterocycles. The molecule has 0 N–H and O–H groups in total. The van der Waals surface area contributed by atoms with Crippen molar-refractivity contribution in [2.24, 2.45) is 11.8 Å². The summed E-state index contributed by atoms with van der Waals surface area (Å²) in [6, 6.07) is 0. The lowest BCUT2D eigenvalue weighted by atomic mass is 9.58. The number of ether oxygens (including phenoxy) is 1. The zero-order valence-corrected chi connectivity index (χ0v) is 5.26. The van der Waals surface area contributed by atoms with E-state index in [1.165, 1.54) is 19.3 Å². The van der Waals surface area contributed by atoms with Gasteiger partial charge in [-0.25, -0.2) is 0 Å². The van der Waals surface area contributed by atoms with E-state index in [-0.39, 0.29) is 0 Å². The molecule has 3 unspecified atom stereocenters. The molecule has 1 heteroatoms. The third-order valence-corrected chi connectivity index (χ3v) is 2.79. The van der Waals surface area contributed by atoms with Gasteiger partial charge in [-0.15, -0.1) is 0 Å². The van der Waals surface area contributed by atoms with E-state index >= 15 is 0 Å². The van der Waals surface area contributed by atoms with Gasteiger partial charge in [0.1, 0.15) is 0 Å².